The Morgan fingerprint density at radius 2 is 1.00 bits per heavy atom. The Morgan fingerprint density at radius 1 is 1.00 bits per heavy atom. The summed E-state index contributed by atoms with van der Waals surface area (Å²) in [6.45, 7) is 0. The molecule has 0 N–H and O–H groups in total. The third-order valence-electron chi connectivity index (χ3n) is 0. The maximum absolute atomic E-state index is 3.29. The molecule has 0 aliphatic carbocycles. The molecule has 4 heavy (non-hydrogen) atoms. The SMILES string of the molecule is [Br][Nb]([Br])[Br]. The van der Waals surface area contributed by atoms with Crippen molar-refractivity contribution >= 4 is 39.1 Å². The molecule has 0 unspecified atom stereocenters. The molecule has 0 aliphatic rings. The van der Waals surface area contributed by atoms with Gasteiger partial charge in [-0.05, 0) is 0 Å². The normalized spacial score (nSPS) is 9.00. The molecule has 0 amide bonds. The molecule has 0 fully saturated rings. The van der Waals surface area contributed by atoms with Crippen molar-refractivity contribution in [2.75, 3.05) is 0 Å². The summed E-state index contributed by atoms with van der Waals surface area (Å²) in [4.78, 5) is 0. The van der Waals surface area contributed by atoms with Crippen molar-refractivity contribution in [1.29, 1.82) is 0 Å². The van der Waals surface area contributed by atoms with E-state index < -0.39 is 12.0 Å². The number of halogens is 3. The third kappa shape index (κ3) is 8.89. The topological polar surface area (TPSA) is 0 Å². The summed E-state index contributed by atoms with van der Waals surface area (Å²) in [5.74, 6) is 0. The van der Waals surface area contributed by atoms with E-state index in [0.29, 0.717) is 0 Å². The molecule has 0 nitrogen and oxygen atoms in total. The minimum absolute atomic E-state index is 1.01. The van der Waals surface area contributed by atoms with Crippen LogP contribution in [0, 0.1) is 0 Å². The van der Waals surface area contributed by atoms with Crippen LogP contribution in [0.5, 0.6) is 0 Å². The quantitative estimate of drug-likeness (QED) is 0.598. The summed E-state index contributed by atoms with van der Waals surface area (Å²) in [5.41, 5.74) is 0. The van der Waals surface area contributed by atoms with Crippen LogP contribution in [0.1, 0.15) is 0 Å². The standard InChI is InChI=1S/3BrH.Nb/h3*1H;/q;;;+3/p-3. The van der Waals surface area contributed by atoms with Gasteiger partial charge in [0.15, 0.2) is 0 Å². The van der Waals surface area contributed by atoms with Crippen LogP contribution in [0.25, 0.3) is 0 Å². The zero-order chi connectivity index (χ0) is 3.58. The number of hydrogen-bond donors (Lipinski definition) is 0. The van der Waals surface area contributed by atoms with Gasteiger partial charge in [-0.2, -0.15) is 0 Å². The van der Waals surface area contributed by atoms with E-state index in [9.17, 15) is 0 Å². The Balaban J connectivity index is 2.32. The van der Waals surface area contributed by atoms with Crippen LogP contribution in [-0.4, -0.2) is 0 Å². The molecule has 26 valence electrons. The molecule has 0 radical (unpaired) electrons. The van der Waals surface area contributed by atoms with Gasteiger partial charge in [-0.15, -0.1) is 0 Å². The summed E-state index contributed by atoms with van der Waals surface area (Å²) in [6, 6.07) is 0. The first kappa shape index (κ1) is 6.18. The second kappa shape index (κ2) is 3.37. The van der Waals surface area contributed by atoms with Crippen LogP contribution in [0.4, 0.5) is 0 Å². The monoisotopic (exact) mass is 330 g/mol. The van der Waals surface area contributed by atoms with Gasteiger partial charge in [0.25, 0.3) is 0 Å². The van der Waals surface area contributed by atoms with Crippen LogP contribution in [0.2, 0.25) is 0 Å². The van der Waals surface area contributed by atoms with Gasteiger partial charge in [-0.25, -0.2) is 0 Å². The van der Waals surface area contributed by atoms with Gasteiger partial charge in [-0.3, -0.25) is 0 Å². The molecule has 0 spiro atoms. The van der Waals surface area contributed by atoms with Gasteiger partial charge in [0, 0.05) is 0 Å². The fourth-order valence-corrected chi connectivity index (χ4v) is 0. The molecule has 0 saturated carbocycles. The first-order valence-electron chi connectivity index (χ1n) is 0.507. The van der Waals surface area contributed by atoms with Gasteiger partial charge in [-0.1, -0.05) is 0 Å². The van der Waals surface area contributed by atoms with Crippen molar-refractivity contribution in [3.05, 3.63) is 0 Å². The molecule has 0 bridgehead atoms. The van der Waals surface area contributed by atoms with E-state index in [-0.39, 0.29) is 0 Å². The Labute approximate surface area is 50.3 Å². The van der Waals surface area contributed by atoms with E-state index >= 15 is 0 Å². The average molecular weight is 333 g/mol. The minimum atomic E-state index is -1.01. The fraction of sp³-hybridized carbons (Fsp3) is 0. The Hall–Kier alpha value is 2.18. The zero-order valence-corrected chi connectivity index (χ0v) is 8.54. The molecule has 0 aromatic carbocycles. The van der Waals surface area contributed by atoms with Gasteiger partial charge in [0.05, 0.1) is 0 Å². The van der Waals surface area contributed by atoms with Crippen LogP contribution >= 0.6 is 39.1 Å². The summed E-state index contributed by atoms with van der Waals surface area (Å²) in [6.07, 6.45) is 0. The first-order chi connectivity index (χ1) is 1.73. The molecule has 0 heterocycles. The Bertz CT molecular complexity index is 8.00. The van der Waals surface area contributed by atoms with Gasteiger partial charge in [0.1, 0.15) is 0 Å². The summed E-state index contributed by atoms with van der Waals surface area (Å²) < 4.78 is 0. The van der Waals surface area contributed by atoms with Gasteiger partial charge < -0.3 is 0 Å². The molecular formula is Br3Nb. The van der Waals surface area contributed by atoms with Crippen molar-refractivity contribution in [1.82, 2.24) is 0 Å². The summed E-state index contributed by atoms with van der Waals surface area (Å²) >= 11 is 8.85. The van der Waals surface area contributed by atoms with E-state index in [2.05, 4.69) is 39.1 Å². The van der Waals surface area contributed by atoms with E-state index in [0.717, 1.165) is 0 Å². The zero-order valence-electron chi connectivity index (χ0n) is 1.58. The second-order valence-corrected chi connectivity index (χ2v) is 30.6. The van der Waals surface area contributed by atoms with E-state index in [1.807, 2.05) is 0 Å². The molecule has 0 aromatic rings. The first-order valence-corrected chi connectivity index (χ1v) is 15.6. The van der Waals surface area contributed by atoms with Crippen LogP contribution in [-0.2, 0) is 12.0 Å². The predicted octanol–water partition coefficient (Wildman–Crippen LogP) is 2.53. The predicted molar refractivity (Wildman–Crippen MR) is 26.8 cm³/mol. The van der Waals surface area contributed by atoms with Gasteiger partial charge >= 0.3 is 51.1 Å². The summed E-state index contributed by atoms with van der Waals surface area (Å²) in [7, 11) is 0. The average Bonchev–Trinajstić information content (AvgIpc) is 0.811. The maximum atomic E-state index is 3.29. The van der Waals surface area contributed by atoms with Gasteiger partial charge in [0.2, 0.25) is 0 Å². The van der Waals surface area contributed by atoms with E-state index in [4.69, 9.17) is 0 Å². The number of hydrogen-bond acceptors (Lipinski definition) is 0. The molecule has 0 aliphatic heterocycles. The Kier molecular flexibility index (Phi) is 5.21. The van der Waals surface area contributed by atoms with Crippen molar-refractivity contribution in [2.24, 2.45) is 0 Å². The Morgan fingerprint density at radius 3 is 1.00 bits per heavy atom. The van der Waals surface area contributed by atoms with Crippen LogP contribution in [0.15, 0.2) is 0 Å². The molecular weight excluding hydrogens is 333 g/mol. The van der Waals surface area contributed by atoms with Crippen LogP contribution in [0.3, 0.4) is 0 Å². The van der Waals surface area contributed by atoms with Crippen LogP contribution < -0.4 is 0 Å². The fourth-order valence-electron chi connectivity index (χ4n) is 0. The molecule has 0 aromatic heterocycles. The van der Waals surface area contributed by atoms with Crippen molar-refractivity contribution in [2.45, 2.75) is 0 Å². The molecule has 4 heteroatoms. The van der Waals surface area contributed by atoms with Crippen molar-refractivity contribution < 1.29 is 12.0 Å². The molecule has 0 rings (SSSR count). The van der Waals surface area contributed by atoms with Crippen molar-refractivity contribution in [3.63, 3.8) is 0 Å². The second-order valence-electron chi connectivity index (χ2n) is 0.192. The molecule has 0 saturated heterocycles. The number of rotatable bonds is 0. The van der Waals surface area contributed by atoms with Crippen molar-refractivity contribution in [3.8, 4) is 0 Å². The summed E-state index contributed by atoms with van der Waals surface area (Å²) in [5, 5.41) is 0. The van der Waals surface area contributed by atoms with E-state index in [1.54, 1.807) is 0 Å². The third-order valence-corrected chi connectivity index (χ3v) is 0. The van der Waals surface area contributed by atoms with E-state index in [1.165, 1.54) is 0 Å². The molecule has 0 atom stereocenters.